The van der Waals surface area contributed by atoms with Gasteiger partial charge in [-0.3, -0.25) is 14.2 Å². The lowest BCUT2D eigenvalue weighted by molar-refractivity contribution is 0.102. The van der Waals surface area contributed by atoms with Crippen LogP contribution in [0.3, 0.4) is 0 Å². The lowest BCUT2D eigenvalue weighted by atomic mass is 10.2. The van der Waals surface area contributed by atoms with Crippen molar-refractivity contribution < 1.29 is 4.79 Å². The van der Waals surface area contributed by atoms with Crippen LogP contribution in [0.15, 0.2) is 34.9 Å². The molecule has 0 aliphatic heterocycles. The average molecular weight is 416 g/mol. The Bertz CT molecular complexity index is 957. The summed E-state index contributed by atoms with van der Waals surface area (Å²) in [7, 11) is 0. The molecule has 0 radical (unpaired) electrons. The third kappa shape index (κ3) is 3.72. The van der Waals surface area contributed by atoms with Gasteiger partial charge in [-0.25, -0.2) is 0 Å². The van der Waals surface area contributed by atoms with E-state index in [0.29, 0.717) is 12.1 Å². The number of hydrogen-bond acceptors (Lipinski definition) is 3. The first-order valence-electron chi connectivity index (χ1n) is 8.53. The fraction of sp³-hybridized carbons (Fsp3) is 0.316. The molecule has 0 saturated heterocycles. The summed E-state index contributed by atoms with van der Waals surface area (Å²) in [6, 6.07) is 7.83. The molecule has 0 bridgehead atoms. The fourth-order valence-electron chi connectivity index (χ4n) is 2.85. The average Bonchev–Trinajstić information content (AvgIpc) is 3.11. The molecule has 0 aliphatic rings. The number of carbonyl (C=O) groups is 1. The van der Waals surface area contributed by atoms with E-state index in [9.17, 15) is 4.79 Å². The number of benzene rings is 1. The van der Waals surface area contributed by atoms with Crippen molar-refractivity contribution in [2.45, 2.75) is 40.8 Å². The number of nitrogens with zero attached hydrogens (tertiary/aromatic N) is 4. The summed E-state index contributed by atoms with van der Waals surface area (Å²) in [4.78, 5) is 12.5. The largest absolute Gasteiger partial charge is 0.322 e. The molecule has 3 aromatic rings. The number of rotatable bonds is 5. The number of amides is 1. The minimum atomic E-state index is -0.145. The molecule has 3 rings (SSSR count). The summed E-state index contributed by atoms with van der Waals surface area (Å²) < 4.78 is 4.75. The van der Waals surface area contributed by atoms with Gasteiger partial charge in [-0.2, -0.15) is 10.2 Å². The lowest BCUT2D eigenvalue weighted by Crippen LogP contribution is -2.13. The molecule has 2 heterocycles. The second-order valence-electron chi connectivity index (χ2n) is 6.28. The highest BCUT2D eigenvalue weighted by Gasteiger charge is 2.14. The molecule has 1 aromatic carbocycles. The first-order chi connectivity index (χ1) is 12.4. The number of aryl methyl sites for hydroxylation is 3. The highest BCUT2D eigenvalue weighted by Crippen LogP contribution is 2.21. The van der Waals surface area contributed by atoms with E-state index in [4.69, 9.17) is 0 Å². The van der Waals surface area contributed by atoms with Crippen LogP contribution >= 0.6 is 15.9 Å². The highest BCUT2D eigenvalue weighted by molar-refractivity contribution is 9.10. The van der Waals surface area contributed by atoms with Gasteiger partial charge in [-0.1, -0.05) is 12.1 Å². The highest BCUT2D eigenvalue weighted by atomic mass is 79.9. The number of hydrogen-bond donors (Lipinski definition) is 1. The molecule has 7 heteroatoms. The standard InChI is InChI=1S/C19H22BrN5O/c1-5-24-11-17(12(2)22-24)19(26)21-16-8-6-7-15(9-16)10-25-14(4)18(20)13(3)23-25/h6-9,11H,5,10H2,1-4H3,(H,21,26). The summed E-state index contributed by atoms with van der Waals surface area (Å²) in [5, 5.41) is 11.8. The maximum Gasteiger partial charge on any atom is 0.259 e. The minimum absolute atomic E-state index is 0.145. The van der Waals surface area contributed by atoms with Crippen LogP contribution in [0.1, 0.15) is 39.9 Å². The zero-order valence-electron chi connectivity index (χ0n) is 15.4. The van der Waals surface area contributed by atoms with E-state index in [1.807, 2.05) is 56.6 Å². The van der Waals surface area contributed by atoms with Crippen LogP contribution in [0.4, 0.5) is 5.69 Å². The predicted molar refractivity (Wildman–Crippen MR) is 106 cm³/mol. The molecule has 26 heavy (non-hydrogen) atoms. The molecule has 136 valence electrons. The Morgan fingerprint density at radius 2 is 1.96 bits per heavy atom. The first-order valence-corrected chi connectivity index (χ1v) is 9.32. The van der Waals surface area contributed by atoms with Crippen molar-refractivity contribution in [3.63, 3.8) is 0 Å². The van der Waals surface area contributed by atoms with Gasteiger partial charge >= 0.3 is 0 Å². The van der Waals surface area contributed by atoms with Gasteiger partial charge in [-0.05, 0) is 61.3 Å². The molecule has 0 aliphatic carbocycles. The Morgan fingerprint density at radius 3 is 2.58 bits per heavy atom. The number of anilines is 1. The Morgan fingerprint density at radius 1 is 1.19 bits per heavy atom. The van der Waals surface area contributed by atoms with E-state index in [-0.39, 0.29) is 5.91 Å². The normalized spacial score (nSPS) is 11.0. The van der Waals surface area contributed by atoms with Crippen molar-refractivity contribution in [2.75, 3.05) is 5.32 Å². The zero-order chi connectivity index (χ0) is 18.8. The van der Waals surface area contributed by atoms with E-state index in [0.717, 1.165) is 39.4 Å². The molecule has 0 fully saturated rings. The third-order valence-corrected chi connectivity index (χ3v) is 5.47. The molecular weight excluding hydrogens is 394 g/mol. The quantitative estimate of drug-likeness (QED) is 0.682. The summed E-state index contributed by atoms with van der Waals surface area (Å²) in [6.45, 7) is 9.23. The van der Waals surface area contributed by atoms with Crippen molar-refractivity contribution in [1.29, 1.82) is 0 Å². The third-order valence-electron chi connectivity index (χ3n) is 4.33. The summed E-state index contributed by atoms with van der Waals surface area (Å²) >= 11 is 3.55. The van der Waals surface area contributed by atoms with Gasteiger partial charge in [-0.15, -0.1) is 0 Å². The van der Waals surface area contributed by atoms with E-state index in [1.54, 1.807) is 10.9 Å². The van der Waals surface area contributed by atoms with Crippen molar-refractivity contribution >= 4 is 27.5 Å². The molecule has 0 unspecified atom stereocenters. The van der Waals surface area contributed by atoms with Gasteiger partial charge in [0.25, 0.3) is 5.91 Å². The van der Waals surface area contributed by atoms with Crippen LogP contribution in [0.25, 0.3) is 0 Å². The number of halogens is 1. The van der Waals surface area contributed by atoms with Gasteiger partial charge in [0.05, 0.1) is 33.7 Å². The molecule has 0 atom stereocenters. The van der Waals surface area contributed by atoms with Gasteiger partial charge in [0.1, 0.15) is 0 Å². The van der Waals surface area contributed by atoms with Gasteiger partial charge in [0, 0.05) is 18.4 Å². The van der Waals surface area contributed by atoms with Gasteiger partial charge < -0.3 is 5.32 Å². The fourth-order valence-corrected chi connectivity index (χ4v) is 3.13. The Labute approximate surface area is 161 Å². The Kier molecular flexibility index (Phi) is 5.27. The van der Waals surface area contributed by atoms with Crippen molar-refractivity contribution in [2.24, 2.45) is 0 Å². The number of carbonyl (C=O) groups excluding carboxylic acids is 1. The predicted octanol–water partition coefficient (Wildman–Crippen LogP) is 4.09. The summed E-state index contributed by atoms with van der Waals surface area (Å²) in [5.74, 6) is -0.145. The number of nitrogens with one attached hydrogen (secondary N) is 1. The molecular formula is C19H22BrN5O. The van der Waals surface area contributed by atoms with Gasteiger partial charge in [0.2, 0.25) is 0 Å². The van der Waals surface area contributed by atoms with Gasteiger partial charge in [0.15, 0.2) is 0 Å². The summed E-state index contributed by atoms with van der Waals surface area (Å²) in [5.41, 5.74) is 5.21. The second-order valence-corrected chi connectivity index (χ2v) is 7.07. The number of aromatic nitrogens is 4. The van der Waals surface area contributed by atoms with E-state index in [2.05, 4.69) is 31.4 Å². The van der Waals surface area contributed by atoms with Crippen molar-refractivity contribution in [1.82, 2.24) is 19.6 Å². The van der Waals surface area contributed by atoms with Crippen LogP contribution in [-0.2, 0) is 13.1 Å². The molecule has 1 amide bonds. The van der Waals surface area contributed by atoms with E-state index >= 15 is 0 Å². The smallest absolute Gasteiger partial charge is 0.259 e. The Hall–Kier alpha value is -2.41. The Balaban J connectivity index is 1.77. The van der Waals surface area contributed by atoms with Crippen LogP contribution in [-0.4, -0.2) is 25.5 Å². The van der Waals surface area contributed by atoms with Crippen LogP contribution < -0.4 is 5.32 Å². The topological polar surface area (TPSA) is 64.7 Å². The molecule has 2 aromatic heterocycles. The zero-order valence-corrected chi connectivity index (χ0v) is 17.0. The first kappa shape index (κ1) is 18.4. The maximum atomic E-state index is 12.5. The molecule has 6 nitrogen and oxygen atoms in total. The monoisotopic (exact) mass is 415 g/mol. The minimum Gasteiger partial charge on any atom is -0.322 e. The van der Waals surface area contributed by atoms with Crippen LogP contribution in [0.5, 0.6) is 0 Å². The lowest BCUT2D eigenvalue weighted by Gasteiger charge is -2.08. The van der Waals surface area contributed by atoms with Crippen LogP contribution in [0, 0.1) is 20.8 Å². The molecule has 0 saturated carbocycles. The van der Waals surface area contributed by atoms with E-state index in [1.165, 1.54) is 0 Å². The molecule has 1 N–H and O–H groups in total. The summed E-state index contributed by atoms with van der Waals surface area (Å²) in [6.07, 6.45) is 1.78. The van der Waals surface area contributed by atoms with E-state index < -0.39 is 0 Å². The molecule has 0 spiro atoms. The SMILES string of the molecule is CCn1cc(C(=O)Nc2cccc(Cn3nc(C)c(Br)c3C)c2)c(C)n1. The van der Waals surface area contributed by atoms with Crippen molar-refractivity contribution in [3.8, 4) is 0 Å². The maximum absolute atomic E-state index is 12.5. The second kappa shape index (κ2) is 7.45. The van der Waals surface area contributed by atoms with Crippen molar-refractivity contribution in [3.05, 3.63) is 63.1 Å². The van der Waals surface area contributed by atoms with Crippen LogP contribution in [0.2, 0.25) is 0 Å².